The van der Waals surface area contributed by atoms with Gasteiger partial charge in [0.1, 0.15) is 0 Å². The van der Waals surface area contributed by atoms with Crippen molar-refractivity contribution in [3.8, 4) is 0 Å². The summed E-state index contributed by atoms with van der Waals surface area (Å²) in [5.41, 5.74) is 0. The number of aliphatic carboxylic acids is 1. The Hall–Kier alpha value is -0.650. The summed E-state index contributed by atoms with van der Waals surface area (Å²) in [5.74, 6) is -0.833. The number of rotatable bonds is 3. The molecule has 84 valence electrons. The maximum Gasteiger partial charge on any atom is 0.300 e. The number of hydrogen-bond donors (Lipinski definition) is 1. The summed E-state index contributed by atoms with van der Waals surface area (Å²) >= 11 is 0. The van der Waals surface area contributed by atoms with Crippen molar-refractivity contribution in [2.24, 2.45) is 0 Å². The molecule has 0 amide bonds. The molecule has 0 aromatic carbocycles. The molecule has 0 saturated carbocycles. The molecular formula is C9H19NO4. The highest BCUT2D eigenvalue weighted by Crippen LogP contribution is 1.94. The van der Waals surface area contributed by atoms with Crippen LogP contribution in [0.25, 0.3) is 0 Å². The summed E-state index contributed by atoms with van der Waals surface area (Å²) in [6.45, 7) is 6.83. The van der Waals surface area contributed by atoms with Crippen LogP contribution in [0.1, 0.15) is 6.92 Å². The van der Waals surface area contributed by atoms with Gasteiger partial charge in [0.2, 0.25) is 0 Å². The molecule has 1 saturated heterocycles. The van der Waals surface area contributed by atoms with E-state index in [2.05, 4.69) is 4.90 Å². The molecule has 5 nitrogen and oxygen atoms in total. The summed E-state index contributed by atoms with van der Waals surface area (Å²) in [4.78, 5) is 11.4. The molecule has 14 heavy (non-hydrogen) atoms. The Bertz CT molecular complexity index is 142. The van der Waals surface area contributed by atoms with Crippen LogP contribution < -0.4 is 0 Å². The first-order valence-electron chi connectivity index (χ1n) is 4.65. The van der Waals surface area contributed by atoms with Gasteiger partial charge >= 0.3 is 0 Å². The van der Waals surface area contributed by atoms with Gasteiger partial charge < -0.3 is 14.6 Å². The summed E-state index contributed by atoms with van der Waals surface area (Å²) in [6.07, 6.45) is 0. The standard InChI is InChI=1S/C7H15NO2.C2H4O2/c1-9-5-2-8-3-6-10-7-4-8;1-2(3)4/h2-7H2,1H3;1H3,(H,3,4). The third kappa shape index (κ3) is 9.44. The Morgan fingerprint density at radius 2 is 2.00 bits per heavy atom. The third-order valence-corrected chi connectivity index (χ3v) is 1.72. The van der Waals surface area contributed by atoms with E-state index in [9.17, 15) is 0 Å². The third-order valence-electron chi connectivity index (χ3n) is 1.72. The van der Waals surface area contributed by atoms with Crippen LogP contribution in [0.15, 0.2) is 0 Å². The van der Waals surface area contributed by atoms with E-state index in [-0.39, 0.29) is 0 Å². The first-order chi connectivity index (χ1) is 6.66. The van der Waals surface area contributed by atoms with Crippen LogP contribution in [0, 0.1) is 0 Å². The lowest BCUT2D eigenvalue weighted by molar-refractivity contribution is -0.134. The maximum atomic E-state index is 9.00. The van der Waals surface area contributed by atoms with Crippen LogP contribution in [-0.4, -0.2) is 62.5 Å². The summed E-state index contributed by atoms with van der Waals surface area (Å²) in [7, 11) is 1.74. The maximum absolute atomic E-state index is 9.00. The van der Waals surface area contributed by atoms with Gasteiger partial charge in [-0.05, 0) is 0 Å². The van der Waals surface area contributed by atoms with Crippen LogP contribution in [0.2, 0.25) is 0 Å². The van der Waals surface area contributed by atoms with E-state index < -0.39 is 5.97 Å². The molecule has 1 heterocycles. The molecule has 0 bridgehead atoms. The fraction of sp³-hybridized carbons (Fsp3) is 0.889. The number of carbonyl (C=O) groups is 1. The minimum atomic E-state index is -0.833. The number of carboxylic acid groups (broad SMARTS) is 1. The van der Waals surface area contributed by atoms with Crippen LogP contribution in [-0.2, 0) is 14.3 Å². The minimum Gasteiger partial charge on any atom is -0.481 e. The number of hydrogen-bond acceptors (Lipinski definition) is 4. The van der Waals surface area contributed by atoms with Crippen molar-refractivity contribution in [3.05, 3.63) is 0 Å². The second kappa shape index (κ2) is 8.93. The number of methoxy groups -OCH3 is 1. The molecule has 1 aliphatic rings. The van der Waals surface area contributed by atoms with Gasteiger partial charge in [-0.1, -0.05) is 0 Å². The van der Waals surface area contributed by atoms with Crippen molar-refractivity contribution in [2.45, 2.75) is 6.92 Å². The predicted octanol–water partition coefficient (Wildman–Crippen LogP) is 0.0559. The largest absolute Gasteiger partial charge is 0.481 e. The Kier molecular flexibility index (Phi) is 8.51. The van der Waals surface area contributed by atoms with Crippen LogP contribution in [0.5, 0.6) is 0 Å². The summed E-state index contributed by atoms with van der Waals surface area (Å²) in [5, 5.41) is 7.42. The van der Waals surface area contributed by atoms with Gasteiger partial charge in [0.05, 0.1) is 19.8 Å². The van der Waals surface area contributed by atoms with Crippen LogP contribution in [0.3, 0.4) is 0 Å². The molecule has 1 rings (SSSR count). The minimum absolute atomic E-state index is 0.833. The molecule has 0 atom stereocenters. The Morgan fingerprint density at radius 1 is 1.50 bits per heavy atom. The average molecular weight is 205 g/mol. The molecule has 0 aromatic heterocycles. The van der Waals surface area contributed by atoms with Crippen molar-refractivity contribution >= 4 is 5.97 Å². The van der Waals surface area contributed by atoms with E-state index in [0.29, 0.717) is 0 Å². The Balaban J connectivity index is 0.000000364. The quantitative estimate of drug-likeness (QED) is 0.705. The second-order valence-corrected chi connectivity index (χ2v) is 2.97. The van der Waals surface area contributed by atoms with Gasteiger partial charge in [0.25, 0.3) is 5.97 Å². The Labute approximate surface area is 84.6 Å². The fourth-order valence-electron chi connectivity index (χ4n) is 1.05. The molecule has 0 spiro atoms. The second-order valence-electron chi connectivity index (χ2n) is 2.97. The van der Waals surface area contributed by atoms with Gasteiger partial charge in [-0.15, -0.1) is 0 Å². The highest BCUT2D eigenvalue weighted by molar-refractivity contribution is 5.62. The van der Waals surface area contributed by atoms with Crippen molar-refractivity contribution < 1.29 is 19.4 Å². The SMILES string of the molecule is CC(=O)O.COCCN1CCOCC1. The van der Waals surface area contributed by atoms with Gasteiger partial charge in [0, 0.05) is 33.7 Å². The van der Waals surface area contributed by atoms with E-state index in [1.807, 2.05) is 0 Å². The zero-order chi connectivity index (χ0) is 10.8. The monoisotopic (exact) mass is 205 g/mol. The van der Waals surface area contributed by atoms with Crippen molar-refractivity contribution in [2.75, 3.05) is 46.6 Å². The number of morpholine rings is 1. The lowest BCUT2D eigenvalue weighted by Crippen LogP contribution is -2.38. The molecule has 0 aromatic rings. The topological polar surface area (TPSA) is 59.0 Å². The van der Waals surface area contributed by atoms with Crippen molar-refractivity contribution in [1.82, 2.24) is 4.90 Å². The Morgan fingerprint density at radius 3 is 2.43 bits per heavy atom. The van der Waals surface area contributed by atoms with E-state index >= 15 is 0 Å². The molecule has 1 fully saturated rings. The van der Waals surface area contributed by atoms with Crippen molar-refractivity contribution in [1.29, 1.82) is 0 Å². The molecule has 0 unspecified atom stereocenters. The van der Waals surface area contributed by atoms with E-state index in [1.165, 1.54) is 0 Å². The summed E-state index contributed by atoms with van der Waals surface area (Å²) < 4.78 is 10.2. The van der Waals surface area contributed by atoms with Gasteiger partial charge in [-0.3, -0.25) is 9.69 Å². The molecule has 1 aliphatic heterocycles. The lowest BCUT2D eigenvalue weighted by atomic mass is 10.4. The zero-order valence-electron chi connectivity index (χ0n) is 8.86. The first-order valence-corrected chi connectivity index (χ1v) is 4.65. The van der Waals surface area contributed by atoms with E-state index in [0.717, 1.165) is 46.4 Å². The van der Waals surface area contributed by atoms with Gasteiger partial charge in [-0.2, -0.15) is 0 Å². The highest BCUT2D eigenvalue weighted by Gasteiger charge is 2.08. The van der Waals surface area contributed by atoms with Crippen LogP contribution in [0.4, 0.5) is 0 Å². The zero-order valence-corrected chi connectivity index (χ0v) is 8.86. The number of nitrogens with zero attached hydrogens (tertiary/aromatic N) is 1. The van der Waals surface area contributed by atoms with Gasteiger partial charge in [-0.25, -0.2) is 0 Å². The lowest BCUT2D eigenvalue weighted by Gasteiger charge is -2.25. The molecule has 0 radical (unpaired) electrons. The van der Waals surface area contributed by atoms with E-state index in [4.69, 9.17) is 19.4 Å². The van der Waals surface area contributed by atoms with E-state index in [1.54, 1.807) is 7.11 Å². The molecule has 1 N–H and O–H groups in total. The van der Waals surface area contributed by atoms with Crippen molar-refractivity contribution in [3.63, 3.8) is 0 Å². The summed E-state index contributed by atoms with van der Waals surface area (Å²) in [6, 6.07) is 0. The highest BCUT2D eigenvalue weighted by atomic mass is 16.5. The first kappa shape index (κ1) is 13.4. The van der Waals surface area contributed by atoms with Crippen LogP contribution >= 0.6 is 0 Å². The number of ether oxygens (including phenoxy) is 2. The predicted molar refractivity (Wildman–Crippen MR) is 52.4 cm³/mol. The fourth-order valence-corrected chi connectivity index (χ4v) is 1.05. The van der Waals surface area contributed by atoms with Gasteiger partial charge in [0.15, 0.2) is 0 Å². The smallest absolute Gasteiger partial charge is 0.300 e. The molecular weight excluding hydrogens is 186 g/mol. The average Bonchev–Trinajstić information content (AvgIpc) is 2.15. The molecule has 0 aliphatic carbocycles. The number of carboxylic acids is 1. The molecule has 5 heteroatoms. The normalized spacial score (nSPS) is 17.0.